The fourth-order valence-corrected chi connectivity index (χ4v) is 1.39. The number of hydrogen-bond acceptors (Lipinski definition) is 0. The van der Waals surface area contributed by atoms with Crippen LogP contribution in [0.4, 0.5) is 0 Å². The van der Waals surface area contributed by atoms with Crippen LogP contribution in [0.3, 0.4) is 0 Å². The number of hydrogen-bond donors (Lipinski definition) is 0. The molecule has 0 spiro atoms. The maximum absolute atomic E-state index is 5.86. The average Bonchev–Trinajstić information content (AvgIpc) is 2.10. The van der Waals surface area contributed by atoms with Gasteiger partial charge < -0.3 is 0 Å². The molecule has 0 aliphatic rings. The van der Waals surface area contributed by atoms with Crippen LogP contribution in [0.1, 0.15) is 38.5 Å². The molecule has 0 saturated heterocycles. The minimum atomic E-state index is 0.172. The highest BCUT2D eigenvalue weighted by atomic mass is 35.5. The van der Waals surface area contributed by atoms with Crippen LogP contribution >= 0.6 is 23.2 Å². The van der Waals surface area contributed by atoms with E-state index in [-0.39, 0.29) is 5.38 Å². The lowest BCUT2D eigenvalue weighted by molar-refractivity contribution is 0.615. The van der Waals surface area contributed by atoms with Gasteiger partial charge in [0.05, 0.1) is 0 Å². The summed E-state index contributed by atoms with van der Waals surface area (Å²) in [5.41, 5.74) is 0. The Bertz CT molecular complexity index is 102. The van der Waals surface area contributed by atoms with E-state index in [0.29, 0.717) is 5.88 Å². The van der Waals surface area contributed by atoms with Crippen molar-refractivity contribution in [1.82, 2.24) is 0 Å². The van der Waals surface area contributed by atoms with Gasteiger partial charge in [0.1, 0.15) is 0 Å². The SMILES string of the molecule is C=CCCCCCCC(Cl)CCl. The van der Waals surface area contributed by atoms with Gasteiger partial charge >= 0.3 is 0 Å². The van der Waals surface area contributed by atoms with Crippen LogP contribution in [-0.2, 0) is 0 Å². The monoisotopic (exact) mass is 208 g/mol. The molecule has 0 heterocycles. The zero-order valence-electron chi connectivity index (χ0n) is 7.57. The van der Waals surface area contributed by atoms with Gasteiger partial charge in [-0.3, -0.25) is 0 Å². The molecule has 0 N–H and O–H groups in total. The highest BCUT2D eigenvalue weighted by Gasteiger charge is 2.00. The second-order valence-electron chi connectivity index (χ2n) is 3.03. The van der Waals surface area contributed by atoms with Crippen molar-refractivity contribution in [3.63, 3.8) is 0 Å². The third-order valence-corrected chi connectivity index (χ3v) is 2.75. The van der Waals surface area contributed by atoms with Crippen molar-refractivity contribution in [2.75, 3.05) is 5.88 Å². The largest absolute Gasteiger partial charge is 0.125 e. The van der Waals surface area contributed by atoms with E-state index in [1.807, 2.05) is 6.08 Å². The lowest BCUT2D eigenvalue weighted by Crippen LogP contribution is -1.98. The highest BCUT2D eigenvalue weighted by Crippen LogP contribution is 2.12. The molecular formula is C10H18Cl2. The van der Waals surface area contributed by atoms with Gasteiger partial charge in [0.25, 0.3) is 0 Å². The Morgan fingerprint density at radius 1 is 1.17 bits per heavy atom. The molecule has 0 nitrogen and oxygen atoms in total. The Balaban J connectivity index is 2.95. The van der Waals surface area contributed by atoms with Gasteiger partial charge in [0.2, 0.25) is 0 Å². The van der Waals surface area contributed by atoms with E-state index in [9.17, 15) is 0 Å². The molecule has 0 aromatic carbocycles. The van der Waals surface area contributed by atoms with E-state index in [1.165, 1.54) is 25.7 Å². The first kappa shape index (κ1) is 12.3. The van der Waals surface area contributed by atoms with E-state index >= 15 is 0 Å². The summed E-state index contributed by atoms with van der Waals surface area (Å²) < 4.78 is 0. The van der Waals surface area contributed by atoms with Crippen molar-refractivity contribution in [2.45, 2.75) is 43.9 Å². The Kier molecular flexibility index (Phi) is 9.66. The maximum Gasteiger partial charge on any atom is 0.0471 e. The van der Waals surface area contributed by atoms with Gasteiger partial charge in [-0.05, 0) is 19.3 Å². The molecule has 0 bridgehead atoms. The molecule has 0 saturated carbocycles. The molecule has 0 amide bonds. The third kappa shape index (κ3) is 8.42. The van der Waals surface area contributed by atoms with Gasteiger partial charge in [0.15, 0.2) is 0 Å². The zero-order valence-corrected chi connectivity index (χ0v) is 9.08. The second kappa shape index (κ2) is 9.41. The number of allylic oxidation sites excluding steroid dienone is 1. The van der Waals surface area contributed by atoms with Crippen molar-refractivity contribution < 1.29 is 0 Å². The molecule has 72 valence electrons. The number of alkyl halides is 2. The summed E-state index contributed by atoms with van der Waals surface area (Å²) in [5, 5.41) is 0.172. The molecule has 0 rings (SSSR count). The number of halogens is 2. The number of unbranched alkanes of at least 4 members (excludes halogenated alkanes) is 4. The Morgan fingerprint density at radius 3 is 2.42 bits per heavy atom. The second-order valence-corrected chi connectivity index (χ2v) is 3.96. The van der Waals surface area contributed by atoms with Crippen LogP contribution in [0.25, 0.3) is 0 Å². The first-order valence-corrected chi connectivity index (χ1v) is 5.59. The Hall–Kier alpha value is 0.320. The molecule has 1 atom stereocenters. The molecule has 0 aliphatic carbocycles. The number of rotatable bonds is 8. The van der Waals surface area contributed by atoms with Crippen molar-refractivity contribution >= 4 is 23.2 Å². The minimum Gasteiger partial charge on any atom is -0.125 e. The summed E-state index contributed by atoms with van der Waals surface area (Å²) in [6.45, 7) is 3.68. The lowest BCUT2D eigenvalue weighted by Gasteiger charge is -2.03. The van der Waals surface area contributed by atoms with Gasteiger partial charge in [-0.25, -0.2) is 0 Å². The zero-order chi connectivity index (χ0) is 9.23. The standard InChI is InChI=1S/C10H18Cl2/c1-2-3-4-5-6-7-8-10(12)9-11/h2,10H,1,3-9H2. The van der Waals surface area contributed by atoms with E-state index in [4.69, 9.17) is 23.2 Å². The topological polar surface area (TPSA) is 0 Å². The van der Waals surface area contributed by atoms with E-state index < -0.39 is 0 Å². The van der Waals surface area contributed by atoms with Crippen LogP contribution in [0.15, 0.2) is 12.7 Å². The lowest BCUT2D eigenvalue weighted by atomic mass is 10.1. The van der Waals surface area contributed by atoms with Crippen LogP contribution in [-0.4, -0.2) is 11.3 Å². The van der Waals surface area contributed by atoms with Crippen LogP contribution < -0.4 is 0 Å². The van der Waals surface area contributed by atoms with Crippen molar-refractivity contribution in [3.8, 4) is 0 Å². The van der Waals surface area contributed by atoms with Crippen LogP contribution in [0.5, 0.6) is 0 Å². The predicted molar refractivity (Wildman–Crippen MR) is 58.3 cm³/mol. The van der Waals surface area contributed by atoms with Crippen molar-refractivity contribution in [1.29, 1.82) is 0 Å². The van der Waals surface area contributed by atoms with Crippen LogP contribution in [0, 0.1) is 0 Å². The predicted octanol–water partition coefficient (Wildman–Crippen LogP) is 4.36. The molecule has 2 heteroatoms. The van der Waals surface area contributed by atoms with E-state index in [0.717, 1.165) is 12.8 Å². The molecule has 0 aliphatic heterocycles. The summed E-state index contributed by atoms with van der Waals surface area (Å²) >= 11 is 11.4. The quantitative estimate of drug-likeness (QED) is 0.316. The minimum absolute atomic E-state index is 0.172. The third-order valence-electron chi connectivity index (χ3n) is 1.84. The fourth-order valence-electron chi connectivity index (χ4n) is 1.09. The van der Waals surface area contributed by atoms with Gasteiger partial charge in [-0.15, -0.1) is 29.8 Å². The van der Waals surface area contributed by atoms with Gasteiger partial charge in [-0.2, -0.15) is 0 Å². The summed E-state index contributed by atoms with van der Waals surface area (Å²) in [7, 11) is 0. The molecule has 0 radical (unpaired) electrons. The summed E-state index contributed by atoms with van der Waals surface area (Å²) in [5.74, 6) is 0.578. The summed E-state index contributed by atoms with van der Waals surface area (Å²) in [6.07, 6.45) is 9.20. The van der Waals surface area contributed by atoms with Crippen molar-refractivity contribution in [3.05, 3.63) is 12.7 Å². The molecule has 12 heavy (non-hydrogen) atoms. The van der Waals surface area contributed by atoms with Crippen molar-refractivity contribution in [2.24, 2.45) is 0 Å². The smallest absolute Gasteiger partial charge is 0.0471 e. The van der Waals surface area contributed by atoms with E-state index in [2.05, 4.69) is 6.58 Å². The molecule has 1 unspecified atom stereocenters. The van der Waals surface area contributed by atoms with E-state index in [1.54, 1.807) is 0 Å². The van der Waals surface area contributed by atoms with Gasteiger partial charge in [0, 0.05) is 11.3 Å². The fraction of sp³-hybridized carbons (Fsp3) is 0.800. The molecular weight excluding hydrogens is 191 g/mol. The van der Waals surface area contributed by atoms with Gasteiger partial charge in [-0.1, -0.05) is 25.3 Å². The summed E-state index contributed by atoms with van der Waals surface area (Å²) in [6, 6.07) is 0. The Morgan fingerprint density at radius 2 is 1.83 bits per heavy atom. The highest BCUT2D eigenvalue weighted by molar-refractivity contribution is 6.28. The first-order chi connectivity index (χ1) is 5.81. The summed E-state index contributed by atoms with van der Waals surface area (Å²) in [4.78, 5) is 0. The normalized spacial score (nSPS) is 12.8. The maximum atomic E-state index is 5.86. The molecule has 0 aromatic rings. The van der Waals surface area contributed by atoms with Crippen LogP contribution in [0.2, 0.25) is 0 Å². The first-order valence-electron chi connectivity index (χ1n) is 4.62. The molecule has 0 fully saturated rings. The average molecular weight is 209 g/mol. The molecule has 0 aromatic heterocycles. The Labute approximate surface area is 85.9 Å².